The van der Waals surface area contributed by atoms with Gasteiger partial charge in [0.25, 0.3) is 5.91 Å². The first-order chi connectivity index (χ1) is 16.9. The molecule has 0 unspecified atom stereocenters. The number of benzene rings is 3. The first-order valence-corrected chi connectivity index (χ1v) is 12.2. The molecule has 0 aliphatic rings. The average molecular weight is 490 g/mol. The number of methoxy groups -OCH3 is 1. The van der Waals surface area contributed by atoms with Crippen LogP contribution in [0.2, 0.25) is 0 Å². The molecule has 1 heterocycles. The number of carbonyl (C=O) groups excluding carboxylic acids is 1. The van der Waals surface area contributed by atoms with Crippen LogP contribution in [0.5, 0.6) is 5.75 Å². The van der Waals surface area contributed by atoms with Crippen molar-refractivity contribution in [3.63, 3.8) is 0 Å². The minimum Gasteiger partial charge on any atom is -0.497 e. The fourth-order valence-corrected chi connectivity index (χ4v) is 4.51. The smallest absolute Gasteiger partial charge is 0.275 e. The third-order valence-corrected chi connectivity index (χ3v) is 6.63. The maximum absolute atomic E-state index is 13.4. The number of nitrogens with zero attached hydrogens (tertiary/aromatic N) is 2. The van der Waals surface area contributed by atoms with Crippen LogP contribution in [-0.4, -0.2) is 22.9 Å². The molecule has 3 aromatic carbocycles. The summed E-state index contributed by atoms with van der Waals surface area (Å²) >= 11 is 1.46. The molecule has 35 heavy (non-hydrogen) atoms. The van der Waals surface area contributed by atoms with Crippen molar-refractivity contribution in [3.8, 4) is 5.75 Å². The number of hydrogen-bond donors (Lipinski definition) is 1. The van der Waals surface area contributed by atoms with Crippen molar-refractivity contribution < 1.29 is 13.9 Å². The first-order valence-electron chi connectivity index (χ1n) is 11.3. The predicted molar refractivity (Wildman–Crippen MR) is 138 cm³/mol. The van der Waals surface area contributed by atoms with Gasteiger partial charge in [-0.05, 0) is 72.5 Å². The van der Waals surface area contributed by atoms with Crippen LogP contribution in [0, 0.1) is 19.7 Å². The van der Waals surface area contributed by atoms with Crippen molar-refractivity contribution in [1.82, 2.24) is 9.88 Å². The molecule has 0 radical (unpaired) electrons. The van der Waals surface area contributed by atoms with Crippen LogP contribution in [0.25, 0.3) is 0 Å². The number of hydrogen-bond acceptors (Lipinski definition) is 5. The number of nitrogens with one attached hydrogen (secondary N) is 1. The van der Waals surface area contributed by atoms with Gasteiger partial charge in [0.1, 0.15) is 22.3 Å². The maximum Gasteiger partial charge on any atom is 0.275 e. The van der Waals surface area contributed by atoms with Crippen LogP contribution in [0.4, 0.5) is 10.1 Å². The van der Waals surface area contributed by atoms with Crippen molar-refractivity contribution in [1.29, 1.82) is 0 Å². The highest BCUT2D eigenvalue weighted by atomic mass is 32.1. The molecular formula is C28H28FN3O2S. The second-order valence-electron chi connectivity index (χ2n) is 8.50. The van der Waals surface area contributed by atoms with Gasteiger partial charge in [-0.1, -0.05) is 30.3 Å². The van der Waals surface area contributed by atoms with Crippen molar-refractivity contribution in [3.05, 3.63) is 111 Å². The first kappa shape index (κ1) is 24.6. The molecule has 4 aromatic rings. The number of aryl methyl sites for hydroxylation is 2. The highest BCUT2D eigenvalue weighted by Crippen LogP contribution is 2.20. The fraction of sp³-hybridized carbons (Fsp3) is 0.214. The Labute approximate surface area is 209 Å². The Hall–Kier alpha value is -3.55. The molecule has 180 valence electrons. The molecule has 0 atom stereocenters. The number of aromatic nitrogens is 1. The van der Waals surface area contributed by atoms with Gasteiger partial charge >= 0.3 is 0 Å². The average Bonchev–Trinajstić information content (AvgIpc) is 3.32. The van der Waals surface area contributed by atoms with Gasteiger partial charge in [0, 0.05) is 24.2 Å². The fourth-order valence-electron chi connectivity index (χ4n) is 3.70. The van der Waals surface area contributed by atoms with Crippen molar-refractivity contribution in [2.45, 2.75) is 33.5 Å². The Balaban J connectivity index is 1.47. The Morgan fingerprint density at radius 2 is 1.60 bits per heavy atom. The lowest BCUT2D eigenvalue weighted by molar-refractivity contribution is 0.102. The molecule has 0 bridgehead atoms. The monoisotopic (exact) mass is 489 g/mol. The van der Waals surface area contributed by atoms with Crippen LogP contribution in [0.1, 0.15) is 37.7 Å². The zero-order chi connectivity index (χ0) is 24.8. The second-order valence-corrected chi connectivity index (χ2v) is 9.44. The Morgan fingerprint density at radius 3 is 2.23 bits per heavy atom. The maximum atomic E-state index is 13.4. The van der Waals surface area contributed by atoms with Crippen molar-refractivity contribution in [2.24, 2.45) is 0 Å². The van der Waals surface area contributed by atoms with E-state index in [2.05, 4.69) is 15.2 Å². The van der Waals surface area contributed by atoms with Crippen LogP contribution in [0.3, 0.4) is 0 Å². The van der Waals surface area contributed by atoms with Gasteiger partial charge in [-0.15, -0.1) is 11.3 Å². The topological polar surface area (TPSA) is 54.5 Å². The summed E-state index contributed by atoms with van der Waals surface area (Å²) in [6.45, 7) is 5.91. The molecule has 0 saturated carbocycles. The van der Waals surface area contributed by atoms with Gasteiger partial charge in [-0.2, -0.15) is 0 Å². The second kappa shape index (κ2) is 11.3. The summed E-state index contributed by atoms with van der Waals surface area (Å²) in [4.78, 5) is 19.6. The zero-order valence-corrected chi connectivity index (χ0v) is 20.9. The molecule has 0 fully saturated rings. The third kappa shape index (κ3) is 6.74. The van der Waals surface area contributed by atoms with Gasteiger partial charge in [-0.25, -0.2) is 9.37 Å². The molecule has 7 heteroatoms. The van der Waals surface area contributed by atoms with Crippen LogP contribution < -0.4 is 10.1 Å². The lowest BCUT2D eigenvalue weighted by atomic mass is 10.1. The largest absolute Gasteiger partial charge is 0.497 e. The van der Waals surface area contributed by atoms with Gasteiger partial charge in [0.15, 0.2) is 0 Å². The molecule has 4 rings (SSSR count). The number of amides is 1. The summed E-state index contributed by atoms with van der Waals surface area (Å²) in [5, 5.41) is 5.56. The Kier molecular flexibility index (Phi) is 7.90. The van der Waals surface area contributed by atoms with E-state index in [1.54, 1.807) is 24.6 Å². The lowest BCUT2D eigenvalue weighted by Crippen LogP contribution is -2.22. The van der Waals surface area contributed by atoms with E-state index in [1.165, 1.54) is 29.0 Å². The highest BCUT2D eigenvalue weighted by Gasteiger charge is 2.15. The molecule has 0 aliphatic carbocycles. The SMILES string of the molecule is COc1ccc(CN(Cc2ccc(F)cc2)Cc2nc(C(=O)Nc3ccc(C)c(C)c3)cs2)cc1. The number of carbonyl (C=O) groups is 1. The van der Waals surface area contributed by atoms with E-state index in [0.29, 0.717) is 25.3 Å². The number of ether oxygens (including phenoxy) is 1. The van der Waals surface area contributed by atoms with Crippen LogP contribution >= 0.6 is 11.3 Å². The minimum absolute atomic E-state index is 0.226. The summed E-state index contributed by atoms with van der Waals surface area (Å²) in [5.74, 6) is 0.323. The Morgan fingerprint density at radius 1 is 0.943 bits per heavy atom. The number of anilines is 1. The summed E-state index contributed by atoms with van der Waals surface area (Å²) in [6, 6.07) is 20.3. The van der Waals surface area contributed by atoms with Crippen LogP contribution in [0.15, 0.2) is 72.1 Å². The van der Waals surface area contributed by atoms with Gasteiger partial charge in [0.05, 0.1) is 13.7 Å². The number of rotatable bonds is 9. The number of thiazole rings is 1. The quantitative estimate of drug-likeness (QED) is 0.297. The molecule has 1 amide bonds. The molecule has 1 N–H and O–H groups in total. The molecule has 5 nitrogen and oxygen atoms in total. The van der Waals surface area contributed by atoms with E-state index in [1.807, 2.05) is 56.3 Å². The zero-order valence-electron chi connectivity index (χ0n) is 20.0. The molecular weight excluding hydrogens is 461 g/mol. The summed E-state index contributed by atoms with van der Waals surface area (Å²) < 4.78 is 18.7. The Bertz CT molecular complexity index is 1290. The molecule has 0 aliphatic heterocycles. The van der Waals surface area contributed by atoms with Crippen molar-refractivity contribution >= 4 is 22.9 Å². The predicted octanol–water partition coefficient (Wildman–Crippen LogP) is 6.36. The summed E-state index contributed by atoms with van der Waals surface area (Å²) in [6.07, 6.45) is 0. The standard InChI is InChI=1S/C28H28FN3O2S/c1-19-4-11-24(14-20(19)2)30-28(33)26-18-35-27(31-26)17-32(15-21-5-9-23(29)10-6-21)16-22-7-12-25(34-3)13-8-22/h4-14,18H,15-17H2,1-3H3,(H,30,33). The number of halogens is 1. The summed E-state index contributed by atoms with van der Waals surface area (Å²) in [7, 11) is 1.64. The van der Waals surface area contributed by atoms with E-state index >= 15 is 0 Å². The van der Waals surface area contributed by atoms with Gasteiger partial charge < -0.3 is 10.1 Å². The van der Waals surface area contributed by atoms with E-state index in [-0.39, 0.29) is 11.7 Å². The molecule has 0 saturated heterocycles. The summed E-state index contributed by atoms with van der Waals surface area (Å²) in [5.41, 5.74) is 5.58. The third-order valence-electron chi connectivity index (χ3n) is 5.79. The van der Waals surface area contributed by atoms with E-state index < -0.39 is 0 Å². The molecule has 1 aromatic heterocycles. The minimum atomic E-state index is -0.255. The van der Waals surface area contributed by atoms with Crippen molar-refractivity contribution in [2.75, 3.05) is 12.4 Å². The molecule has 0 spiro atoms. The highest BCUT2D eigenvalue weighted by molar-refractivity contribution is 7.09. The van der Waals surface area contributed by atoms with E-state index in [4.69, 9.17) is 4.74 Å². The normalized spacial score (nSPS) is 11.0. The van der Waals surface area contributed by atoms with Crippen LogP contribution in [-0.2, 0) is 19.6 Å². The van der Waals surface area contributed by atoms with E-state index in [9.17, 15) is 9.18 Å². The van der Waals surface area contributed by atoms with E-state index in [0.717, 1.165) is 33.1 Å². The van der Waals surface area contributed by atoms with Gasteiger partial charge in [0.2, 0.25) is 0 Å². The lowest BCUT2D eigenvalue weighted by Gasteiger charge is -2.21. The van der Waals surface area contributed by atoms with Gasteiger partial charge in [-0.3, -0.25) is 9.69 Å².